The van der Waals surface area contributed by atoms with Crippen molar-refractivity contribution >= 4 is 16.2 Å². The predicted molar refractivity (Wildman–Crippen MR) is 42.4 cm³/mol. The fraction of sp³-hybridized carbons (Fsp3) is 1.00. The topological polar surface area (TPSA) is 29.5 Å². The van der Waals surface area contributed by atoms with Gasteiger partial charge in [-0.25, -0.2) is 0 Å². The molecule has 0 spiro atoms. The monoisotopic (exact) mass is 148 g/mol. The van der Waals surface area contributed by atoms with Crippen molar-refractivity contribution in [3.05, 3.63) is 0 Å². The van der Waals surface area contributed by atoms with E-state index in [2.05, 4.69) is 0 Å². The highest BCUT2D eigenvalue weighted by Gasteiger charge is 2.00. The molecule has 0 heterocycles. The van der Waals surface area contributed by atoms with Gasteiger partial charge >= 0.3 is 0 Å². The zero-order valence-corrected chi connectivity index (χ0v) is 6.92. The first-order valence-electron chi connectivity index (χ1n) is 4.07. The van der Waals surface area contributed by atoms with Crippen LogP contribution in [-0.4, -0.2) is 37.1 Å². The van der Waals surface area contributed by atoms with Crippen LogP contribution in [0.3, 0.4) is 0 Å². The van der Waals surface area contributed by atoms with E-state index < -0.39 is 8.84 Å². The average molecular weight is 148 g/mol. The van der Waals surface area contributed by atoms with Crippen molar-refractivity contribution in [1.82, 2.24) is 0 Å². The first-order chi connectivity index (χ1) is 5.02. The standard InChI is InChI=1S/C5H14BO2Si/c1-5(3-7)4-8-9(2)6/h5-7,9H,3-4H2,1-2H3/i6T,9D. The van der Waals surface area contributed by atoms with Crippen molar-refractivity contribution in [2.45, 2.75) is 13.5 Å². The number of rotatable bonds is 5. The van der Waals surface area contributed by atoms with Gasteiger partial charge in [-0.1, -0.05) is 13.5 Å². The maximum absolute atomic E-state index is 8.62. The van der Waals surface area contributed by atoms with Crippen molar-refractivity contribution in [3.63, 3.8) is 0 Å². The summed E-state index contributed by atoms with van der Waals surface area (Å²) in [5.74, 6) is 0.0622. The van der Waals surface area contributed by atoms with Crippen LogP contribution in [-0.2, 0) is 4.43 Å². The van der Waals surface area contributed by atoms with Crippen LogP contribution in [0.25, 0.3) is 0 Å². The molecule has 2 unspecified atom stereocenters. The molecule has 0 bridgehead atoms. The maximum atomic E-state index is 8.62. The van der Waals surface area contributed by atoms with E-state index in [4.69, 9.17) is 12.1 Å². The van der Waals surface area contributed by atoms with Crippen LogP contribution in [0.2, 0.25) is 6.55 Å². The van der Waals surface area contributed by atoms with Crippen LogP contribution in [0.1, 0.15) is 6.92 Å². The second-order valence-electron chi connectivity index (χ2n) is 2.21. The third-order valence-electron chi connectivity index (χ3n) is 0.907. The van der Waals surface area contributed by atoms with Gasteiger partial charge in [-0.2, -0.15) is 0 Å². The minimum atomic E-state index is -2.58. The number of aliphatic hydroxyl groups is 1. The van der Waals surface area contributed by atoms with Crippen LogP contribution < -0.4 is 0 Å². The largest absolute Gasteiger partial charge is 0.429 e. The van der Waals surface area contributed by atoms with Gasteiger partial charge in [0.1, 0.15) is 16.2 Å². The first-order valence-corrected chi connectivity index (χ1v) is 4.98. The van der Waals surface area contributed by atoms with E-state index in [-0.39, 0.29) is 12.5 Å². The lowest BCUT2D eigenvalue weighted by atomic mass is 10.2. The third-order valence-corrected chi connectivity index (χ3v) is 1.53. The normalized spacial score (nSPS) is 23.4. The van der Waals surface area contributed by atoms with Gasteiger partial charge in [0.2, 0.25) is 0 Å². The van der Waals surface area contributed by atoms with Gasteiger partial charge in [0.15, 0.2) is 0 Å². The molecular weight excluding hydrogens is 131 g/mol. The van der Waals surface area contributed by atoms with Crippen LogP contribution in [0.15, 0.2) is 0 Å². The van der Waals surface area contributed by atoms with Crippen LogP contribution in [0.5, 0.6) is 0 Å². The molecule has 2 atom stereocenters. The van der Waals surface area contributed by atoms with E-state index >= 15 is 0 Å². The van der Waals surface area contributed by atoms with Gasteiger partial charge in [-0.15, -0.1) is 0 Å². The molecule has 0 rings (SSSR count). The van der Waals surface area contributed by atoms with Crippen molar-refractivity contribution in [2.75, 3.05) is 13.2 Å². The number of hydrogen-bond donors (Lipinski definition) is 1. The lowest BCUT2D eigenvalue weighted by Gasteiger charge is -2.10. The van der Waals surface area contributed by atoms with Crippen molar-refractivity contribution < 1.29 is 9.53 Å². The quantitative estimate of drug-likeness (QED) is 0.526. The fourth-order valence-electron chi connectivity index (χ4n) is 0.326. The Kier molecular flexibility index (Phi) is 3.32. The van der Waals surface area contributed by atoms with Gasteiger partial charge in [0, 0.05) is 20.4 Å². The van der Waals surface area contributed by atoms with Crippen LogP contribution >= 0.6 is 0 Å². The summed E-state index contributed by atoms with van der Waals surface area (Å²) < 4.78 is 19.4. The minimum absolute atomic E-state index is 0.0622. The third kappa shape index (κ3) is 6.08. The summed E-state index contributed by atoms with van der Waals surface area (Å²) in [6, 6.07) is 0. The summed E-state index contributed by atoms with van der Waals surface area (Å²) in [5.41, 5.74) is 0. The Morgan fingerprint density at radius 1 is 2.22 bits per heavy atom. The number of hydrogen-bond acceptors (Lipinski definition) is 2. The Labute approximate surface area is 61.9 Å². The Morgan fingerprint density at radius 3 is 3.33 bits per heavy atom. The molecule has 0 aromatic rings. The molecule has 0 aliphatic rings. The Hall–Kier alpha value is 0.202. The maximum Gasteiger partial charge on any atom is 0.129 e. The number of aliphatic hydroxyl groups excluding tert-OH is 1. The van der Waals surface area contributed by atoms with Crippen molar-refractivity contribution in [1.29, 1.82) is 2.57 Å². The van der Waals surface area contributed by atoms with Gasteiger partial charge < -0.3 is 9.53 Å². The Bertz CT molecular complexity index is 115. The Morgan fingerprint density at radius 2 is 2.89 bits per heavy atom. The highest BCUT2D eigenvalue weighted by molar-refractivity contribution is 6.98. The molecule has 2 nitrogen and oxygen atoms in total. The molecule has 4 heteroatoms. The molecule has 0 saturated heterocycles. The molecular formula is C5H14BO2Si. The summed E-state index contributed by atoms with van der Waals surface area (Å²) >= 11 is 0. The highest BCUT2D eigenvalue weighted by atomic mass is 28.3. The molecule has 9 heavy (non-hydrogen) atoms. The molecule has 0 saturated carbocycles. The molecule has 0 aliphatic carbocycles. The molecule has 0 aromatic heterocycles. The molecule has 0 aromatic carbocycles. The summed E-state index contributed by atoms with van der Waals surface area (Å²) in [6.07, 6.45) is 0. The summed E-state index contributed by atoms with van der Waals surface area (Å²) in [6.45, 7) is 3.92. The van der Waals surface area contributed by atoms with E-state index in [0.29, 0.717) is 6.61 Å². The molecule has 53 valence electrons. The second kappa shape index (κ2) is 5.02. The average Bonchev–Trinajstić information content (AvgIpc) is 2.00. The Balaban J connectivity index is 3.52. The lowest BCUT2D eigenvalue weighted by molar-refractivity contribution is 0.177. The molecule has 0 aliphatic heterocycles. The summed E-state index contributed by atoms with van der Waals surface area (Å²) in [5, 5.41) is 8.62. The molecule has 0 fully saturated rings. The second-order valence-corrected chi connectivity index (χ2v) is 3.72. The van der Waals surface area contributed by atoms with E-state index in [9.17, 15) is 0 Å². The zero-order chi connectivity index (χ0) is 8.91. The predicted octanol–water partition coefficient (Wildman–Crippen LogP) is -0.617. The van der Waals surface area contributed by atoms with Crippen molar-refractivity contribution in [2.24, 2.45) is 5.92 Å². The lowest BCUT2D eigenvalue weighted by Crippen LogP contribution is -2.19. The van der Waals surface area contributed by atoms with Gasteiger partial charge in [0.25, 0.3) is 0 Å². The van der Waals surface area contributed by atoms with E-state index in [1.54, 1.807) is 6.55 Å². The van der Waals surface area contributed by atoms with Gasteiger partial charge in [-0.3, -0.25) is 0 Å². The summed E-state index contributed by atoms with van der Waals surface area (Å²) in [7, 11) is -1.51. The van der Waals surface area contributed by atoms with Crippen LogP contribution in [0.4, 0.5) is 0 Å². The van der Waals surface area contributed by atoms with E-state index in [1.807, 2.05) is 6.92 Å². The summed E-state index contributed by atoms with van der Waals surface area (Å²) in [4.78, 5) is 0. The molecule has 1 radical (unpaired) electrons. The van der Waals surface area contributed by atoms with Crippen molar-refractivity contribution in [3.8, 4) is 0 Å². The zero-order valence-electron chi connectivity index (χ0n) is 7.92. The van der Waals surface area contributed by atoms with E-state index in [1.165, 1.54) is 0 Å². The van der Waals surface area contributed by atoms with Gasteiger partial charge in [-0.05, 0) is 1.34 Å². The molecule has 1 N–H and O–H groups in total. The fourth-order valence-corrected chi connectivity index (χ4v) is 0.874. The van der Waals surface area contributed by atoms with E-state index in [0.717, 1.165) is 7.40 Å². The highest BCUT2D eigenvalue weighted by Crippen LogP contribution is 1.93. The molecule has 0 amide bonds. The van der Waals surface area contributed by atoms with Gasteiger partial charge in [0.05, 0.1) is 0 Å². The SMILES string of the molecule is [2H][Si](C)([B][3H])OCC(C)CO. The minimum Gasteiger partial charge on any atom is -0.429 e. The first kappa shape index (κ1) is 5.95. The smallest absolute Gasteiger partial charge is 0.129 e. The van der Waals surface area contributed by atoms with Crippen LogP contribution in [0, 0.1) is 5.92 Å².